The molecular formula is C16H20N4O2S. The van der Waals surface area contributed by atoms with Crippen LogP contribution in [0.15, 0.2) is 10.5 Å². The summed E-state index contributed by atoms with van der Waals surface area (Å²) in [6, 6.07) is 2.75. The zero-order valence-electron chi connectivity index (χ0n) is 13.3. The lowest BCUT2D eigenvalue weighted by Crippen LogP contribution is -2.20. The molecule has 6 nitrogen and oxygen atoms in total. The van der Waals surface area contributed by atoms with Gasteiger partial charge in [-0.25, -0.2) is 0 Å². The fourth-order valence-electron chi connectivity index (χ4n) is 2.80. The third-order valence-electron chi connectivity index (χ3n) is 4.45. The third-order valence-corrected chi connectivity index (χ3v) is 5.63. The van der Waals surface area contributed by atoms with Crippen LogP contribution >= 0.6 is 11.3 Å². The quantitative estimate of drug-likeness (QED) is 0.850. The summed E-state index contributed by atoms with van der Waals surface area (Å²) in [7, 11) is 0. The second-order valence-electron chi connectivity index (χ2n) is 6.50. The highest BCUT2D eigenvalue weighted by molar-refractivity contribution is 7.12. The Balaban J connectivity index is 1.39. The van der Waals surface area contributed by atoms with E-state index in [4.69, 9.17) is 4.42 Å². The first-order valence-electron chi connectivity index (χ1n) is 8.05. The maximum Gasteiger partial charge on any atom is 0.322 e. The zero-order chi connectivity index (χ0) is 16.0. The van der Waals surface area contributed by atoms with Crippen LogP contribution in [-0.4, -0.2) is 28.7 Å². The molecule has 0 saturated heterocycles. The molecule has 1 amide bonds. The number of hydrogen-bond acceptors (Lipinski definition) is 6. The molecule has 2 aliphatic rings. The molecular weight excluding hydrogens is 312 g/mol. The van der Waals surface area contributed by atoms with E-state index in [2.05, 4.69) is 20.8 Å². The second kappa shape index (κ2) is 5.72. The van der Waals surface area contributed by atoms with Crippen molar-refractivity contribution in [3.05, 3.63) is 27.3 Å². The molecule has 2 atom stereocenters. The van der Waals surface area contributed by atoms with Gasteiger partial charge in [-0.1, -0.05) is 5.10 Å². The lowest BCUT2D eigenvalue weighted by Gasteiger charge is -2.00. The summed E-state index contributed by atoms with van der Waals surface area (Å²) in [5, 5.41) is 13.8. The summed E-state index contributed by atoms with van der Waals surface area (Å²) < 4.78 is 5.20. The van der Waals surface area contributed by atoms with Crippen LogP contribution in [0, 0.1) is 19.8 Å². The predicted molar refractivity (Wildman–Crippen MR) is 87.9 cm³/mol. The monoisotopic (exact) mass is 332 g/mol. The normalized spacial score (nSPS) is 23.0. The van der Waals surface area contributed by atoms with E-state index in [-0.39, 0.29) is 11.9 Å². The number of nitrogens with zero attached hydrogens (tertiary/aromatic N) is 2. The van der Waals surface area contributed by atoms with E-state index in [0.717, 1.165) is 17.3 Å². The van der Waals surface area contributed by atoms with Gasteiger partial charge in [0.1, 0.15) is 0 Å². The number of carbonyl (C=O) groups excluding carboxylic acids is 1. The summed E-state index contributed by atoms with van der Waals surface area (Å²) in [5.41, 5.74) is 0.702. The fourth-order valence-corrected chi connectivity index (χ4v) is 4.00. The average Bonchev–Trinajstić information content (AvgIpc) is 3.40. The number of rotatable bonds is 6. The van der Waals surface area contributed by atoms with Crippen molar-refractivity contribution in [2.45, 2.75) is 45.1 Å². The molecule has 4 rings (SSSR count). The van der Waals surface area contributed by atoms with Crippen molar-refractivity contribution in [2.24, 2.45) is 5.92 Å². The number of amides is 1. The summed E-state index contributed by atoms with van der Waals surface area (Å²) in [6.07, 6.45) is 3.93. The molecule has 7 heteroatoms. The molecule has 2 heterocycles. The maximum atomic E-state index is 12.4. The average molecular weight is 332 g/mol. The molecule has 2 aliphatic carbocycles. The molecule has 2 saturated carbocycles. The lowest BCUT2D eigenvalue weighted by atomic mass is 10.2. The molecule has 2 unspecified atom stereocenters. The van der Waals surface area contributed by atoms with Crippen LogP contribution in [0.2, 0.25) is 0 Å². The lowest BCUT2D eigenvalue weighted by molar-refractivity contribution is 0.102. The maximum absolute atomic E-state index is 12.4. The van der Waals surface area contributed by atoms with Gasteiger partial charge in [-0.3, -0.25) is 10.1 Å². The van der Waals surface area contributed by atoms with Crippen molar-refractivity contribution in [3.63, 3.8) is 0 Å². The highest BCUT2D eigenvalue weighted by Gasteiger charge is 2.40. The molecule has 23 heavy (non-hydrogen) atoms. The molecule has 0 aliphatic heterocycles. The minimum atomic E-state index is -0.184. The number of hydrogen-bond donors (Lipinski definition) is 2. The molecule has 122 valence electrons. The molecule has 0 bridgehead atoms. The van der Waals surface area contributed by atoms with Gasteiger partial charge in [0.05, 0.1) is 5.56 Å². The van der Waals surface area contributed by atoms with Crippen molar-refractivity contribution < 1.29 is 9.21 Å². The van der Waals surface area contributed by atoms with E-state index < -0.39 is 0 Å². The van der Waals surface area contributed by atoms with Gasteiger partial charge in [-0.2, -0.15) is 0 Å². The number of thiophene rings is 1. The topological polar surface area (TPSA) is 80.0 Å². The van der Waals surface area contributed by atoms with E-state index in [0.29, 0.717) is 23.4 Å². The first kappa shape index (κ1) is 14.8. The van der Waals surface area contributed by atoms with Crippen LogP contribution in [-0.2, 0) is 0 Å². The Kier molecular flexibility index (Phi) is 3.69. The first-order valence-corrected chi connectivity index (χ1v) is 8.87. The first-order chi connectivity index (χ1) is 11.1. The highest BCUT2D eigenvalue weighted by Crippen LogP contribution is 2.45. The standard InChI is InChI=1S/C16H20N4O2S/c1-8-11(15(21)18-16-20-19-9(2)22-16)6-14(23-8)12-5-13(12)17-7-10-3-4-10/h6,10,12-13,17H,3-5,7H2,1-2H3,(H,18,20,21). The van der Waals surface area contributed by atoms with Crippen LogP contribution in [0.4, 0.5) is 6.01 Å². The van der Waals surface area contributed by atoms with Gasteiger partial charge in [0.15, 0.2) is 0 Å². The fraction of sp³-hybridized carbons (Fsp3) is 0.562. The Hall–Kier alpha value is -1.73. The predicted octanol–water partition coefficient (Wildman–Crippen LogP) is 2.86. The molecule has 2 fully saturated rings. The van der Waals surface area contributed by atoms with Crippen molar-refractivity contribution in [3.8, 4) is 0 Å². The van der Waals surface area contributed by atoms with E-state index >= 15 is 0 Å². The minimum Gasteiger partial charge on any atom is -0.408 e. The number of aryl methyl sites for hydroxylation is 2. The number of aromatic nitrogens is 2. The third kappa shape index (κ3) is 3.30. The smallest absolute Gasteiger partial charge is 0.322 e. The van der Waals surface area contributed by atoms with Gasteiger partial charge >= 0.3 is 6.01 Å². The molecule has 2 N–H and O–H groups in total. The van der Waals surface area contributed by atoms with Gasteiger partial charge in [-0.05, 0) is 44.7 Å². The summed E-state index contributed by atoms with van der Waals surface area (Å²) in [5.74, 6) is 1.72. The van der Waals surface area contributed by atoms with Crippen LogP contribution in [0.5, 0.6) is 0 Å². The van der Waals surface area contributed by atoms with Crippen molar-refractivity contribution in [1.29, 1.82) is 0 Å². The summed E-state index contributed by atoms with van der Waals surface area (Å²) in [6.45, 7) is 4.82. The van der Waals surface area contributed by atoms with E-state index in [9.17, 15) is 4.79 Å². The van der Waals surface area contributed by atoms with E-state index in [1.807, 2.05) is 13.0 Å². The van der Waals surface area contributed by atoms with Crippen molar-refractivity contribution >= 4 is 23.3 Å². The summed E-state index contributed by atoms with van der Waals surface area (Å²) in [4.78, 5) is 14.7. The van der Waals surface area contributed by atoms with E-state index in [1.165, 1.54) is 24.1 Å². The van der Waals surface area contributed by atoms with Gasteiger partial charge in [0.2, 0.25) is 5.89 Å². The highest BCUT2D eigenvalue weighted by atomic mass is 32.1. The van der Waals surface area contributed by atoms with Gasteiger partial charge in [0.25, 0.3) is 5.91 Å². The molecule has 2 aromatic rings. The molecule has 0 radical (unpaired) electrons. The zero-order valence-corrected chi connectivity index (χ0v) is 14.1. The molecule has 0 aromatic carbocycles. The number of nitrogens with one attached hydrogen (secondary N) is 2. The van der Waals surface area contributed by atoms with Crippen LogP contribution in [0.3, 0.4) is 0 Å². The van der Waals surface area contributed by atoms with E-state index in [1.54, 1.807) is 18.3 Å². The van der Waals surface area contributed by atoms with Gasteiger partial charge < -0.3 is 9.73 Å². The Labute approximate surface area is 138 Å². The molecule has 0 spiro atoms. The van der Waals surface area contributed by atoms with Crippen molar-refractivity contribution in [1.82, 2.24) is 15.5 Å². The van der Waals surface area contributed by atoms with Gasteiger partial charge in [0, 0.05) is 28.6 Å². The largest absolute Gasteiger partial charge is 0.408 e. The second-order valence-corrected chi connectivity index (χ2v) is 7.79. The molecule has 2 aromatic heterocycles. The Morgan fingerprint density at radius 3 is 2.91 bits per heavy atom. The Morgan fingerprint density at radius 2 is 2.22 bits per heavy atom. The van der Waals surface area contributed by atoms with Crippen LogP contribution < -0.4 is 10.6 Å². The Morgan fingerprint density at radius 1 is 1.39 bits per heavy atom. The minimum absolute atomic E-state index is 0.148. The number of carbonyl (C=O) groups is 1. The van der Waals surface area contributed by atoms with Crippen LogP contribution in [0.1, 0.15) is 51.2 Å². The SMILES string of the molecule is Cc1nnc(NC(=O)c2cc(C3CC3NCC3CC3)sc2C)o1. The number of anilines is 1. The van der Waals surface area contributed by atoms with Gasteiger partial charge in [-0.15, -0.1) is 16.4 Å². The van der Waals surface area contributed by atoms with Crippen molar-refractivity contribution in [2.75, 3.05) is 11.9 Å². The Bertz CT molecular complexity index is 734. The van der Waals surface area contributed by atoms with Crippen LogP contribution in [0.25, 0.3) is 0 Å². The summed E-state index contributed by atoms with van der Waals surface area (Å²) >= 11 is 1.72.